The van der Waals surface area contributed by atoms with Gasteiger partial charge in [0.2, 0.25) is 5.89 Å². The van der Waals surface area contributed by atoms with Crippen molar-refractivity contribution in [1.82, 2.24) is 29.9 Å². The Bertz CT molecular complexity index is 3180. The van der Waals surface area contributed by atoms with Crippen molar-refractivity contribution in [2.45, 2.75) is 0 Å². The SMILES string of the molecule is c1ccc(-c2nc(-c3ccccc3)nc(-c3ccc(-c4ccc(-c5cccc6oc7ccc8oc(-c9cnccn9)nc8c7c56)c5ccccc45)cc3)n2)cc1. The molecule has 0 aliphatic heterocycles. The van der Waals surface area contributed by atoms with Crippen molar-refractivity contribution in [2.75, 3.05) is 0 Å². The third-order valence-electron chi connectivity index (χ3n) is 10.2. The van der Waals surface area contributed by atoms with Crippen molar-refractivity contribution in [2.24, 2.45) is 0 Å². The molecule has 0 saturated carbocycles. The van der Waals surface area contributed by atoms with Crippen molar-refractivity contribution in [1.29, 1.82) is 0 Å². The number of fused-ring (bicyclic) bond motifs is 6. The van der Waals surface area contributed by atoms with Crippen molar-refractivity contribution in [3.05, 3.63) is 170 Å². The summed E-state index contributed by atoms with van der Waals surface area (Å²) in [5, 5.41) is 4.15. The first-order valence-corrected chi connectivity index (χ1v) is 18.3. The van der Waals surface area contributed by atoms with Crippen LogP contribution in [0, 0.1) is 0 Å². The molecule has 0 aliphatic carbocycles. The minimum absolute atomic E-state index is 0.414. The molecule has 0 N–H and O–H groups in total. The van der Waals surface area contributed by atoms with E-state index in [0.29, 0.717) is 34.6 Å². The van der Waals surface area contributed by atoms with Crippen LogP contribution < -0.4 is 0 Å². The molecule has 11 aromatic rings. The Hall–Kier alpha value is -7.84. The third-order valence-corrected chi connectivity index (χ3v) is 10.2. The molecule has 8 nitrogen and oxygen atoms in total. The molecular formula is C48H28N6O2. The van der Waals surface area contributed by atoms with E-state index in [1.807, 2.05) is 84.9 Å². The highest BCUT2D eigenvalue weighted by Gasteiger charge is 2.21. The average Bonchev–Trinajstić information content (AvgIpc) is 3.89. The zero-order valence-electron chi connectivity index (χ0n) is 29.7. The highest BCUT2D eigenvalue weighted by atomic mass is 16.4. The predicted octanol–water partition coefficient (Wildman–Crippen LogP) is 11.9. The van der Waals surface area contributed by atoms with Crippen LogP contribution in [0.3, 0.4) is 0 Å². The fourth-order valence-corrected chi connectivity index (χ4v) is 7.56. The first kappa shape index (κ1) is 31.7. The van der Waals surface area contributed by atoms with E-state index in [2.05, 4.69) is 76.7 Å². The first-order chi connectivity index (χ1) is 27.7. The quantitative estimate of drug-likeness (QED) is 0.167. The van der Waals surface area contributed by atoms with Gasteiger partial charge >= 0.3 is 0 Å². The van der Waals surface area contributed by atoms with Gasteiger partial charge in [0, 0.05) is 34.5 Å². The molecule has 56 heavy (non-hydrogen) atoms. The van der Waals surface area contributed by atoms with E-state index in [9.17, 15) is 0 Å². The van der Waals surface area contributed by atoms with E-state index in [0.717, 1.165) is 77.2 Å². The molecule has 0 saturated heterocycles. The summed E-state index contributed by atoms with van der Waals surface area (Å²) in [5.41, 5.74) is 10.6. The molecule has 0 fully saturated rings. The maximum absolute atomic E-state index is 6.43. The van der Waals surface area contributed by atoms with Crippen molar-refractivity contribution in [3.63, 3.8) is 0 Å². The van der Waals surface area contributed by atoms with E-state index >= 15 is 0 Å². The van der Waals surface area contributed by atoms with E-state index in [1.54, 1.807) is 18.6 Å². The highest BCUT2D eigenvalue weighted by molar-refractivity contribution is 6.23. The van der Waals surface area contributed by atoms with Crippen LogP contribution in [0.1, 0.15) is 0 Å². The van der Waals surface area contributed by atoms with Gasteiger partial charge in [-0.15, -0.1) is 0 Å². The Morgan fingerprint density at radius 3 is 1.64 bits per heavy atom. The Morgan fingerprint density at radius 1 is 0.375 bits per heavy atom. The molecule has 0 spiro atoms. The number of oxazole rings is 1. The van der Waals surface area contributed by atoms with Crippen LogP contribution in [0.5, 0.6) is 0 Å². The molecule has 262 valence electrons. The monoisotopic (exact) mass is 720 g/mol. The molecule has 7 aromatic carbocycles. The number of hydrogen-bond acceptors (Lipinski definition) is 8. The number of furan rings is 1. The molecular weight excluding hydrogens is 693 g/mol. The fraction of sp³-hybridized carbons (Fsp3) is 0. The second-order valence-corrected chi connectivity index (χ2v) is 13.5. The molecule has 11 rings (SSSR count). The standard InChI is InChI=1S/C48H28N6O2/c1-3-10-30(11-4-1)45-52-46(31-12-5-2-6-13-31)54-47(53-45)32-20-18-29(19-21-32)33-22-23-36(35-15-8-7-14-34(33)35)37-16-9-17-39-42(37)43-40(55-39)24-25-41-44(43)51-48(56-41)38-28-49-26-27-50-38/h1-28H. The summed E-state index contributed by atoms with van der Waals surface area (Å²) < 4.78 is 12.6. The van der Waals surface area contributed by atoms with Gasteiger partial charge in [-0.05, 0) is 51.2 Å². The molecule has 0 aliphatic rings. The topological polar surface area (TPSA) is 104 Å². The zero-order chi connectivity index (χ0) is 37.0. The van der Waals surface area contributed by atoms with E-state index in [4.69, 9.17) is 28.8 Å². The van der Waals surface area contributed by atoms with Gasteiger partial charge in [-0.25, -0.2) is 24.9 Å². The van der Waals surface area contributed by atoms with Gasteiger partial charge < -0.3 is 8.83 Å². The normalized spacial score (nSPS) is 11.6. The molecule has 0 bridgehead atoms. The maximum Gasteiger partial charge on any atom is 0.247 e. The lowest BCUT2D eigenvalue weighted by Gasteiger charge is -2.13. The first-order valence-electron chi connectivity index (χ1n) is 18.3. The van der Waals surface area contributed by atoms with E-state index < -0.39 is 0 Å². The zero-order valence-corrected chi connectivity index (χ0v) is 29.7. The molecule has 0 unspecified atom stereocenters. The van der Waals surface area contributed by atoms with E-state index in [1.165, 1.54) is 0 Å². The fourth-order valence-electron chi connectivity index (χ4n) is 7.56. The van der Waals surface area contributed by atoms with Gasteiger partial charge in [0.1, 0.15) is 22.4 Å². The minimum Gasteiger partial charge on any atom is -0.456 e. The second kappa shape index (κ2) is 12.9. The van der Waals surface area contributed by atoms with Crippen LogP contribution in [-0.2, 0) is 0 Å². The smallest absolute Gasteiger partial charge is 0.247 e. The molecule has 4 aromatic heterocycles. The van der Waals surface area contributed by atoms with Gasteiger partial charge in [-0.2, -0.15) is 0 Å². The molecule has 8 heteroatoms. The lowest BCUT2D eigenvalue weighted by Crippen LogP contribution is -2.00. The van der Waals surface area contributed by atoms with Crippen LogP contribution in [0.25, 0.3) is 112 Å². The number of benzene rings is 7. The van der Waals surface area contributed by atoms with Gasteiger partial charge in [-0.3, -0.25) is 4.98 Å². The Balaban J connectivity index is 1.02. The minimum atomic E-state index is 0.414. The number of rotatable bonds is 6. The van der Waals surface area contributed by atoms with Crippen LogP contribution in [0.2, 0.25) is 0 Å². The number of aromatic nitrogens is 6. The Morgan fingerprint density at radius 2 is 0.964 bits per heavy atom. The van der Waals surface area contributed by atoms with Crippen molar-refractivity contribution >= 4 is 43.8 Å². The van der Waals surface area contributed by atoms with Crippen LogP contribution in [0.4, 0.5) is 0 Å². The Kier molecular flexibility index (Phi) is 7.31. The summed E-state index contributed by atoms with van der Waals surface area (Å²) in [5.74, 6) is 2.30. The molecule has 0 radical (unpaired) electrons. The lowest BCUT2D eigenvalue weighted by atomic mass is 9.90. The summed E-state index contributed by atoms with van der Waals surface area (Å²) in [6, 6.07) is 51.5. The predicted molar refractivity (Wildman–Crippen MR) is 220 cm³/mol. The Labute approximate surface area is 319 Å². The van der Waals surface area contributed by atoms with E-state index in [-0.39, 0.29) is 0 Å². The van der Waals surface area contributed by atoms with Crippen LogP contribution in [-0.4, -0.2) is 29.9 Å². The summed E-state index contributed by atoms with van der Waals surface area (Å²) in [6.07, 6.45) is 4.91. The molecule has 0 amide bonds. The second-order valence-electron chi connectivity index (χ2n) is 13.5. The van der Waals surface area contributed by atoms with Gasteiger partial charge in [0.05, 0.1) is 11.6 Å². The van der Waals surface area contributed by atoms with Crippen LogP contribution >= 0.6 is 0 Å². The highest BCUT2D eigenvalue weighted by Crippen LogP contribution is 2.44. The van der Waals surface area contributed by atoms with Gasteiger partial charge in [0.25, 0.3) is 0 Å². The van der Waals surface area contributed by atoms with Crippen LogP contribution in [0.15, 0.2) is 179 Å². The average molecular weight is 721 g/mol. The number of nitrogens with zero attached hydrogens (tertiary/aromatic N) is 6. The number of hydrogen-bond donors (Lipinski definition) is 0. The summed E-state index contributed by atoms with van der Waals surface area (Å²) in [6.45, 7) is 0. The van der Waals surface area contributed by atoms with Gasteiger partial charge in [0.15, 0.2) is 23.1 Å². The summed E-state index contributed by atoms with van der Waals surface area (Å²) >= 11 is 0. The third kappa shape index (κ3) is 5.31. The molecule has 4 heterocycles. The lowest BCUT2D eigenvalue weighted by molar-refractivity contribution is 0.616. The summed E-state index contributed by atoms with van der Waals surface area (Å²) in [7, 11) is 0. The van der Waals surface area contributed by atoms with Crippen molar-refractivity contribution < 1.29 is 8.83 Å². The molecule has 0 atom stereocenters. The van der Waals surface area contributed by atoms with Gasteiger partial charge in [-0.1, -0.05) is 133 Å². The maximum atomic E-state index is 6.43. The van der Waals surface area contributed by atoms with Crippen molar-refractivity contribution in [3.8, 4) is 68.0 Å². The largest absolute Gasteiger partial charge is 0.456 e. The summed E-state index contributed by atoms with van der Waals surface area (Å²) in [4.78, 5) is 28.2.